The molecule has 0 saturated heterocycles. The van der Waals surface area contributed by atoms with Crippen molar-refractivity contribution >= 4 is 23.2 Å². The van der Waals surface area contributed by atoms with Gasteiger partial charge in [0.05, 0.1) is 0 Å². The fraction of sp³-hybridized carbons (Fsp3) is 0.400. The predicted molar refractivity (Wildman–Crippen MR) is 58.4 cm³/mol. The molecule has 0 radical (unpaired) electrons. The Labute approximate surface area is 118 Å². The molecule has 0 aliphatic heterocycles. The molecule has 0 spiro atoms. The SMILES string of the molecule is Clc1ccc(Cl)cc1.FCC(F)(F)C(F)(F)C(F)(F)F. The number of benzene rings is 1. The molecular formula is C10H6Cl2F8. The van der Waals surface area contributed by atoms with E-state index in [0.29, 0.717) is 0 Å². The molecule has 0 heterocycles. The molecule has 20 heavy (non-hydrogen) atoms. The Balaban J connectivity index is 0.000000388. The van der Waals surface area contributed by atoms with E-state index in [-0.39, 0.29) is 0 Å². The van der Waals surface area contributed by atoms with Crippen LogP contribution >= 0.6 is 23.2 Å². The third-order valence-electron chi connectivity index (χ3n) is 1.79. The van der Waals surface area contributed by atoms with Crippen LogP contribution in [0.4, 0.5) is 35.1 Å². The van der Waals surface area contributed by atoms with Gasteiger partial charge in [-0.1, -0.05) is 23.2 Å². The Bertz CT molecular complexity index is 391. The highest BCUT2D eigenvalue weighted by Crippen LogP contribution is 2.46. The maximum atomic E-state index is 11.6. The Hall–Kier alpha value is -0.760. The lowest BCUT2D eigenvalue weighted by molar-refractivity contribution is -0.356. The third-order valence-corrected chi connectivity index (χ3v) is 2.29. The summed E-state index contributed by atoms with van der Waals surface area (Å²) in [6.45, 7) is -3.06. The Morgan fingerprint density at radius 2 is 1.05 bits per heavy atom. The topological polar surface area (TPSA) is 0 Å². The minimum atomic E-state index is -6.44. The number of halogens is 10. The van der Waals surface area contributed by atoms with Gasteiger partial charge in [0.1, 0.15) is 0 Å². The molecular weight excluding hydrogens is 343 g/mol. The van der Waals surface area contributed by atoms with Crippen LogP contribution in [0.1, 0.15) is 0 Å². The van der Waals surface area contributed by atoms with Crippen molar-refractivity contribution in [3.63, 3.8) is 0 Å². The van der Waals surface area contributed by atoms with Crippen molar-refractivity contribution in [1.29, 1.82) is 0 Å². The summed E-state index contributed by atoms with van der Waals surface area (Å²) in [7, 11) is 0. The molecule has 116 valence electrons. The van der Waals surface area contributed by atoms with E-state index in [1.807, 2.05) is 0 Å². The molecule has 0 saturated carbocycles. The summed E-state index contributed by atoms with van der Waals surface area (Å²) < 4.78 is 90.8. The number of rotatable bonds is 2. The second kappa shape index (κ2) is 6.80. The van der Waals surface area contributed by atoms with E-state index < -0.39 is 24.7 Å². The molecule has 10 heteroatoms. The van der Waals surface area contributed by atoms with E-state index in [1.165, 1.54) is 0 Å². The zero-order valence-electron chi connectivity index (χ0n) is 9.30. The van der Waals surface area contributed by atoms with Gasteiger partial charge >= 0.3 is 18.0 Å². The number of hydrogen-bond acceptors (Lipinski definition) is 0. The molecule has 0 aliphatic carbocycles. The van der Waals surface area contributed by atoms with Gasteiger partial charge in [-0.25, -0.2) is 4.39 Å². The van der Waals surface area contributed by atoms with Crippen molar-refractivity contribution < 1.29 is 35.1 Å². The fourth-order valence-corrected chi connectivity index (χ4v) is 0.973. The summed E-state index contributed by atoms with van der Waals surface area (Å²) in [6, 6.07) is 7.02. The molecule has 1 rings (SSSR count). The van der Waals surface area contributed by atoms with Gasteiger partial charge in [-0.15, -0.1) is 0 Å². The fourth-order valence-electron chi connectivity index (χ4n) is 0.721. The van der Waals surface area contributed by atoms with Gasteiger partial charge in [-0.3, -0.25) is 0 Å². The lowest BCUT2D eigenvalue weighted by atomic mass is 10.2. The van der Waals surface area contributed by atoms with E-state index in [0.717, 1.165) is 10.0 Å². The highest BCUT2D eigenvalue weighted by Gasteiger charge is 2.73. The average Bonchev–Trinajstić information content (AvgIpc) is 2.32. The van der Waals surface area contributed by atoms with Gasteiger partial charge in [-0.05, 0) is 24.3 Å². The zero-order chi connectivity index (χ0) is 16.2. The standard InChI is InChI=1S/C6H4Cl2.C4H2F8/c7-5-1-2-6(8)4-3-5;5-1-2(6,7)3(8,9)4(10,11)12/h1-4H;1H2. The maximum Gasteiger partial charge on any atom is 0.459 e. The van der Waals surface area contributed by atoms with Crippen LogP contribution in [0.2, 0.25) is 10.0 Å². The normalized spacial score (nSPS) is 12.7. The van der Waals surface area contributed by atoms with Gasteiger partial charge in [0.25, 0.3) is 0 Å². The molecule has 0 bridgehead atoms. The Morgan fingerprint density at radius 1 is 0.750 bits per heavy atom. The predicted octanol–water partition coefficient (Wildman–Crippen LogP) is 5.78. The summed E-state index contributed by atoms with van der Waals surface area (Å²) >= 11 is 11.1. The lowest BCUT2D eigenvalue weighted by Gasteiger charge is -2.25. The zero-order valence-corrected chi connectivity index (χ0v) is 10.8. The smallest absolute Gasteiger partial charge is 0.244 e. The molecule has 0 N–H and O–H groups in total. The minimum absolute atomic E-state index is 0.717. The molecule has 1 aromatic rings. The van der Waals surface area contributed by atoms with E-state index in [9.17, 15) is 35.1 Å². The first kappa shape index (κ1) is 19.2. The van der Waals surface area contributed by atoms with Crippen LogP contribution in [0.25, 0.3) is 0 Å². The molecule has 0 fully saturated rings. The molecule has 0 aliphatic rings. The largest absolute Gasteiger partial charge is 0.459 e. The molecule has 1 aromatic carbocycles. The van der Waals surface area contributed by atoms with E-state index in [4.69, 9.17) is 23.2 Å². The summed E-state index contributed by atoms with van der Waals surface area (Å²) in [5.41, 5.74) is 0. The van der Waals surface area contributed by atoms with Gasteiger partial charge < -0.3 is 0 Å². The van der Waals surface area contributed by atoms with E-state index in [2.05, 4.69) is 0 Å². The van der Waals surface area contributed by atoms with Crippen molar-refractivity contribution in [2.24, 2.45) is 0 Å². The molecule has 0 nitrogen and oxygen atoms in total. The molecule has 0 unspecified atom stereocenters. The van der Waals surface area contributed by atoms with Crippen molar-refractivity contribution in [3.05, 3.63) is 34.3 Å². The first-order chi connectivity index (χ1) is 8.85. The minimum Gasteiger partial charge on any atom is -0.244 e. The van der Waals surface area contributed by atoms with Crippen molar-refractivity contribution in [3.8, 4) is 0 Å². The number of hydrogen-bond donors (Lipinski definition) is 0. The summed E-state index contributed by atoms with van der Waals surface area (Å²) in [5, 5.41) is 1.43. The van der Waals surface area contributed by atoms with Crippen LogP contribution in [0, 0.1) is 0 Å². The maximum absolute atomic E-state index is 11.6. The summed E-state index contributed by atoms with van der Waals surface area (Å²) in [4.78, 5) is 0. The second-order valence-corrected chi connectivity index (χ2v) is 4.22. The van der Waals surface area contributed by atoms with Crippen LogP contribution in [-0.4, -0.2) is 24.7 Å². The number of alkyl halides is 8. The third kappa shape index (κ3) is 4.97. The van der Waals surface area contributed by atoms with Crippen LogP contribution in [0.15, 0.2) is 24.3 Å². The highest BCUT2D eigenvalue weighted by atomic mass is 35.5. The van der Waals surface area contributed by atoms with E-state index >= 15 is 0 Å². The van der Waals surface area contributed by atoms with Crippen LogP contribution in [-0.2, 0) is 0 Å². The van der Waals surface area contributed by atoms with Crippen molar-refractivity contribution in [1.82, 2.24) is 0 Å². The van der Waals surface area contributed by atoms with Crippen LogP contribution in [0.3, 0.4) is 0 Å². The van der Waals surface area contributed by atoms with Crippen LogP contribution < -0.4 is 0 Å². The van der Waals surface area contributed by atoms with Gasteiger partial charge in [-0.2, -0.15) is 30.7 Å². The molecule has 0 atom stereocenters. The Morgan fingerprint density at radius 3 is 1.20 bits per heavy atom. The van der Waals surface area contributed by atoms with E-state index in [1.54, 1.807) is 24.3 Å². The van der Waals surface area contributed by atoms with Gasteiger partial charge in [0.2, 0.25) is 0 Å². The van der Waals surface area contributed by atoms with Crippen LogP contribution in [0.5, 0.6) is 0 Å². The monoisotopic (exact) mass is 348 g/mol. The summed E-state index contributed by atoms with van der Waals surface area (Å²) in [6.07, 6.45) is -6.44. The quantitative estimate of drug-likeness (QED) is 0.594. The first-order valence-electron chi connectivity index (χ1n) is 4.64. The first-order valence-corrected chi connectivity index (χ1v) is 5.40. The summed E-state index contributed by atoms with van der Waals surface area (Å²) in [5.74, 6) is -12.0. The lowest BCUT2D eigenvalue weighted by Crippen LogP contribution is -2.53. The van der Waals surface area contributed by atoms with Crippen molar-refractivity contribution in [2.75, 3.05) is 6.67 Å². The second-order valence-electron chi connectivity index (χ2n) is 3.35. The molecule has 0 aromatic heterocycles. The highest BCUT2D eigenvalue weighted by molar-refractivity contribution is 6.32. The average molecular weight is 349 g/mol. The van der Waals surface area contributed by atoms with Gasteiger partial charge in [0.15, 0.2) is 6.67 Å². The Kier molecular flexibility index (Phi) is 6.54. The molecule has 0 amide bonds. The van der Waals surface area contributed by atoms with Crippen molar-refractivity contribution in [2.45, 2.75) is 18.0 Å². The van der Waals surface area contributed by atoms with Gasteiger partial charge in [0, 0.05) is 10.0 Å².